The average molecular weight is 464 g/mol. The van der Waals surface area contributed by atoms with Crippen LogP contribution in [0.4, 0.5) is 11.5 Å². The zero-order valence-electron chi connectivity index (χ0n) is 19.0. The molecule has 34 heavy (non-hydrogen) atoms. The number of nitrogens with zero attached hydrogens (tertiary/aromatic N) is 3. The van der Waals surface area contributed by atoms with Crippen molar-refractivity contribution in [3.8, 4) is 11.6 Å². The van der Waals surface area contributed by atoms with Crippen molar-refractivity contribution in [2.45, 2.75) is 44.9 Å². The molecule has 0 unspecified atom stereocenters. The van der Waals surface area contributed by atoms with Crippen molar-refractivity contribution < 1.29 is 19.1 Å². The van der Waals surface area contributed by atoms with Gasteiger partial charge in [-0.25, -0.2) is 9.50 Å². The number of benzene rings is 1. The third kappa shape index (κ3) is 5.36. The molecule has 3 aromatic rings. The summed E-state index contributed by atoms with van der Waals surface area (Å²) in [5.41, 5.74) is 1.30. The fourth-order valence-corrected chi connectivity index (χ4v) is 4.53. The molecule has 2 aromatic heterocycles. The van der Waals surface area contributed by atoms with E-state index in [0.717, 1.165) is 38.5 Å². The molecular weight excluding hydrogens is 434 g/mol. The van der Waals surface area contributed by atoms with E-state index in [9.17, 15) is 9.59 Å². The number of hydrogen-bond donors (Lipinski definition) is 2. The third-order valence-electron chi connectivity index (χ3n) is 6.44. The standard InChI is InChI=1S/C25H29N5O4/c31-24(17-5-2-1-3-6-17)26-19-7-4-8-20(15-19)34-23-10-9-22-27-21(16-30(22)29-23)28-25(32)18-11-13-33-14-12-18/h4,7-10,15-18H,1-3,5-6,11-14H2,(H,26,31)(H,28,32). The van der Waals surface area contributed by atoms with Crippen LogP contribution < -0.4 is 15.4 Å². The van der Waals surface area contributed by atoms with Crippen molar-refractivity contribution in [1.29, 1.82) is 0 Å². The SMILES string of the molecule is O=C(Nc1cccc(Oc2ccc3nc(NC(=O)C4CCOCC4)cn3n2)c1)C1CCCCC1. The number of carbonyl (C=O) groups is 2. The van der Waals surface area contributed by atoms with Crippen LogP contribution in [0, 0.1) is 11.8 Å². The van der Waals surface area contributed by atoms with Gasteiger partial charge in [-0.3, -0.25) is 9.59 Å². The normalized spacial score (nSPS) is 17.4. The molecule has 3 heterocycles. The fraction of sp³-hybridized carbons (Fsp3) is 0.440. The van der Waals surface area contributed by atoms with Crippen molar-refractivity contribution in [3.05, 3.63) is 42.6 Å². The van der Waals surface area contributed by atoms with E-state index < -0.39 is 0 Å². The summed E-state index contributed by atoms with van der Waals surface area (Å²) in [7, 11) is 0. The molecule has 0 bridgehead atoms. The van der Waals surface area contributed by atoms with Gasteiger partial charge in [-0.05, 0) is 43.9 Å². The molecule has 2 fully saturated rings. The molecular formula is C25H29N5O4. The van der Waals surface area contributed by atoms with E-state index in [2.05, 4.69) is 20.7 Å². The van der Waals surface area contributed by atoms with E-state index in [4.69, 9.17) is 9.47 Å². The highest BCUT2D eigenvalue weighted by atomic mass is 16.5. The van der Waals surface area contributed by atoms with E-state index in [1.807, 2.05) is 18.2 Å². The Bertz CT molecular complexity index is 1170. The molecule has 0 spiro atoms. The lowest BCUT2D eigenvalue weighted by Crippen LogP contribution is -2.28. The number of aromatic nitrogens is 3. The number of rotatable bonds is 6. The Balaban J connectivity index is 1.23. The fourth-order valence-electron chi connectivity index (χ4n) is 4.53. The van der Waals surface area contributed by atoms with Crippen LogP contribution in [0.1, 0.15) is 44.9 Å². The van der Waals surface area contributed by atoms with Crippen molar-refractivity contribution >= 4 is 29.0 Å². The smallest absolute Gasteiger partial charge is 0.237 e. The van der Waals surface area contributed by atoms with Crippen molar-refractivity contribution in [1.82, 2.24) is 14.6 Å². The van der Waals surface area contributed by atoms with Gasteiger partial charge in [-0.1, -0.05) is 25.3 Å². The van der Waals surface area contributed by atoms with Crippen LogP contribution in [0.5, 0.6) is 11.6 Å². The number of nitrogens with one attached hydrogen (secondary N) is 2. The summed E-state index contributed by atoms with van der Waals surface area (Å²) >= 11 is 0. The van der Waals surface area contributed by atoms with Crippen molar-refractivity contribution in [2.75, 3.05) is 23.8 Å². The van der Waals surface area contributed by atoms with Crippen LogP contribution in [-0.4, -0.2) is 39.6 Å². The van der Waals surface area contributed by atoms with Gasteiger partial charge >= 0.3 is 0 Å². The average Bonchev–Trinajstić information content (AvgIpc) is 3.27. The molecule has 1 aliphatic carbocycles. The zero-order chi connectivity index (χ0) is 23.3. The van der Waals surface area contributed by atoms with E-state index >= 15 is 0 Å². The minimum absolute atomic E-state index is 0.0460. The Kier molecular flexibility index (Phi) is 6.71. The molecule has 178 valence electrons. The Labute approximate surface area is 197 Å². The number of amides is 2. The zero-order valence-corrected chi connectivity index (χ0v) is 19.0. The maximum Gasteiger partial charge on any atom is 0.237 e. The van der Waals surface area contributed by atoms with Crippen LogP contribution in [0.2, 0.25) is 0 Å². The minimum atomic E-state index is -0.0590. The largest absolute Gasteiger partial charge is 0.438 e. The summed E-state index contributed by atoms with van der Waals surface area (Å²) in [6.45, 7) is 1.22. The summed E-state index contributed by atoms with van der Waals surface area (Å²) in [6.07, 6.45) is 8.45. The Hall–Kier alpha value is -3.46. The predicted octanol–water partition coefficient (Wildman–Crippen LogP) is 4.41. The molecule has 1 saturated heterocycles. The van der Waals surface area contributed by atoms with Gasteiger partial charge in [-0.15, -0.1) is 5.10 Å². The minimum Gasteiger partial charge on any atom is -0.438 e. The summed E-state index contributed by atoms with van der Waals surface area (Å²) in [5.74, 6) is 1.46. The first-order valence-electron chi connectivity index (χ1n) is 12.0. The molecule has 9 heteroatoms. The number of fused-ring (bicyclic) bond motifs is 1. The maximum absolute atomic E-state index is 12.6. The molecule has 1 aliphatic heterocycles. The predicted molar refractivity (Wildman–Crippen MR) is 127 cm³/mol. The number of anilines is 2. The summed E-state index contributed by atoms with van der Waals surface area (Å²) < 4.78 is 12.8. The van der Waals surface area contributed by atoms with E-state index in [0.29, 0.717) is 42.0 Å². The molecule has 2 amide bonds. The van der Waals surface area contributed by atoms with E-state index in [-0.39, 0.29) is 23.7 Å². The number of ether oxygens (including phenoxy) is 2. The van der Waals surface area contributed by atoms with Crippen molar-refractivity contribution in [3.63, 3.8) is 0 Å². The monoisotopic (exact) mass is 463 g/mol. The molecule has 5 rings (SSSR count). The molecule has 2 N–H and O–H groups in total. The third-order valence-corrected chi connectivity index (χ3v) is 6.44. The second-order valence-electron chi connectivity index (χ2n) is 8.93. The van der Waals surface area contributed by atoms with Crippen molar-refractivity contribution in [2.24, 2.45) is 11.8 Å². The molecule has 1 aromatic carbocycles. The first-order valence-corrected chi connectivity index (χ1v) is 12.0. The lowest BCUT2D eigenvalue weighted by atomic mass is 9.88. The molecule has 1 saturated carbocycles. The number of hydrogen-bond acceptors (Lipinski definition) is 6. The van der Waals surface area contributed by atoms with Crippen LogP contribution >= 0.6 is 0 Å². The highest BCUT2D eigenvalue weighted by Gasteiger charge is 2.23. The molecule has 0 radical (unpaired) electrons. The Morgan fingerprint density at radius 2 is 1.71 bits per heavy atom. The maximum atomic E-state index is 12.6. The molecule has 0 atom stereocenters. The summed E-state index contributed by atoms with van der Waals surface area (Å²) in [6, 6.07) is 10.8. The van der Waals surface area contributed by atoms with Gasteiger partial charge in [0.05, 0.1) is 6.20 Å². The van der Waals surface area contributed by atoms with Gasteiger partial charge in [0.25, 0.3) is 0 Å². The van der Waals surface area contributed by atoms with Gasteiger partial charge < -0.3 is 20.1 Å². The Morgan fingerprint density at radius 3 is 2.53 bits per heavy atom. The lowest BCUT2D eigenvalue weighted by Gasteiger charge is -2.20. The Morgan fingerprint density at radius 1 is 0.941 bits per heavy atom. The second kappa shape index (κ2) is 10.2. The van der Waals surface area contributed by atoms with E-state index in [1.54, 1.807) is 28.9 Å². The first kappa shape index (κ1) is 22.3. The van der Waals surface area contributed by atoms with Crippen LogP contribution in [0.25, 0.3) is 5.65 Å². The van der Waals surface area contributed by atoms with Crippen LogP contribution in [0.15, 0.2) is 42.6 Å². The lowest BCUT2D eigenvalue weighted by molar-refractivity contribution is -0.122. The number of carbonyl (C=O) groups excluding carboxylic acids is 2. The first-order chi connectivity index (χ1) is 16.6. The van der Waals surface area contributed by atoms with Gasteiger partial charge in [0.2, 0.25) is 17.7 Å². The van der Waals surface area contributed by atoms with E-state index in [1.165, 1.54) is 6.42 Å². The van der Waals surface area contributed by atoms with Gasteiger partial charge in [-0.2, -0.15) is 0 Å². The molecule has 9 nitrogen and oxygen atoms in total. The summed E-state index contributed by atoms with van der Waals surface area (Å²) in [4.78, 5) is 29.4. The van der Waals surface area contributed by atoms with Crippen LogP contribution in [0.3, 0.4) is 0 Å². The highest BCUT2D eigenvalue weighted by molar-refractivity contribution is 5.93. The second-order valence-corrected chi connectivity index (χ2v) is 8.93. The number of imidazole rings is 1. The quantitative estimate of drug-likeness (QED) is 0.561. The van der Waals surface area contributed by atoms with Gasteiger partial charge in [0.1, 0.15) is 5.75 Å². The summed E-state index contributed by atoms with van der Waals surface area (Å²) in [5, 5.41) is 10.3. The van der Waals surface area contributed by atoms with Gasteiger partial charge in [0.15, 0.2) is 11.5 Å². The van der Waals surface area contributed by atoms with Gasteiger partial charge in [0, 0.05) is 42.9 Å². The topological polar surface area (TPSA) is 107 Å². The van der Waals surface area contributed by atoms with Crippen LogP contribution in [-0.2, 0) is 14.3 Å². The highest BCUT2D eigenvalue weighted by Crippen LogP contribution is 2.27. The molecule has 2 aliphatic rings.